The lowest BCUT2D eigenvalue weighted by Crippen LogP contribution is -2.38. The van der Waals surface area contributed by atoms with Crippen molar-refractivity contribution in [1.29, 1.82) is 0 Å². The number of rotatable bonds is 7. The van der Waals surface area contributed by atoms with E-state index in [2.05, 4.69) is 15.0 Å². The molecule has 2 aromatic carbocycles. The maximum absolute atomic E-state index is 11.8. The van der Waals surface area contributed by atoms with Crippen LogP contribution in [0, 0.1) is 5.41 Å². The first-order valence-electron chi connectivity index (χ1n) is 10.3. The lowest BCUT2D eigenvalue weighted by Gasteiger charge is -2.13. The first kappa shape index (κ1) is 20.5. The van der Waals surface area contributed by atoms with Crippen LogP contribution in [-0.2, 0) is 9.59 Å². The number of ether oxygens (including phenoxy) is 2. The van der Waals surface area contributed by atoms with Crippen LogP contribution >= 0.6 is 0 Å². The third kappa shape index (κ3) is 3.34. The van der Waals surface area contributed by atoms with Gasteiger partial charge in [-0.1, -0.05) is 12.1 Å². The summed E-state index contributed by atoms with van der Waals surface area (Å²) in [7, 11) is 1.60. The van der Waals surface area contributed by atoms with Crippen molar-refractivity contribution in [1.82, 2.24) is 15.0 Å². The largest absolute Gasteiger partial charge is 0.496 e. The molecular formula is C24H21N5O4. The molecular weight excluding hydrogens is 422 g/mol. The molecule has 9 heteroatoms. The van der Waals surface area contributed by atoms with Crippen LogP contribution in [0.15, 0.2) is 61.1 Å². The molecule has 2 aromatic heterocycles. The number of hydrogen-bond donors (Lipinski definition) is 3. The Kier molecular flexibility index (Phi) is 4.74. The number of benzene rings is 2. The van der Waals surface area contributed by atoms with Gasteiger partial charge in [-0.05, 0) is 36.2 Å². The number of aromatic nitrogens is 3. The fraction of sp³-hybridized carbons (Fsp3) is 0.167. The highest BCUT2D eigenvalue weighted by Gasteiger charge is 2.64. The number of nitrogens with one attached hydrogen (secondary N) is 1. The molecule has 0 aliphatic heterocycles. The molecule has 0 spiro atoms. The van der Waals surface area contributed by atoms with Crippen LogP contribution in [0.4, 0.5) is 0 Å². The maximum atomic E-state index is 11.8. The number of hydrogen-bond acceptors (Lipinski definition) is 6. The molecule has 0 radical (unpaired) electrons. The summed E-state index contributed by atoms with van der Waals surface area (Å²) >= 11 is 0. The van der Waals surface area contributed by atoms with Crippen molar-refractivity contribution in [2.75, 3.05) is 7.11 Å². The predicted octanol–water partition coefficient (Wildman–Crippen LogP) is 2.87. The average Bonchev–Trinajstić information content (AvgIpc) is 3.37. The second kappa shape index (κ2) is 7.63. The molecule has 2 heterocycles. The molecule has 5 rings (SSSR count). The number of primary amides is 2. The van der Waals surface area contributed by atoms with Crippen molar-refractivity contribution in [3.63, 3.8) is 0 Å². The van der Waals surface area contributed by atoms with Crippen LogP contribution in [0.5, 0.6) is 17.2 Å². The van der Waals surface area contributed by atoms with E-state index in [0.29, 0.717) is 35.0 Å². The van der Waals surface area contributed by atoms with E-state index >= 15 is 0 Å². The fourth-order valence-corrected chi connectivity index (χ4v) is 4.23. The molecule has 5 N–H and O–H groups in total. The van der Waals surface area contributed by atoms with Crippen LogP contribution in [0.1, 0.15) is 17.9 Å². The lowest BCUT2D eigenvalue weighted by atomic mass is 9.97. The van der Waals surface area contributed by atoms with Gasteiger partial charge in [0.2, 0.25) is 11.8 Å². The summed E-state index contributed by atoms with van der Waals surface area (Å²) in [6.45, 7) is 0. The molecule has 9 nitrogen and oxygen atoms in total. The van der Waals surface area contributed by atoms with Crippen LogP contribution in [-0.4, -0.2) is 33.9 Å². The summed E-state index contributed by atoms with van der Waals surface area (Å²) in [6.07, 6.45) is 5.40. The number of pyridine rings is 1. The molecule has 1 unspecified atom stereocenters. The summed E-state index contributed by atoms with van der Waals surface area (Å²) < 4.78 is 11.7. The summed E-state index contributed by atoms with van der Waals surface area (Å²) in [6, 6.07) is 12.7. The smallest absolute Gasteiger partial charge is 0.233 e. The van der Waals surface area contributed by atoms with Crippen LogP contribution in [0.25, 0.3) is 22.3 Å². The minimum atomic E-state index is -1.30. The van der Waals surface area contributed by atoms with Crippen molar-refractivity contribution in [2.45, 2.75) is 12.3 Å². The number of carbonyl (C=O) groups excluding carboxylic acids is 2. The zero-order chi connectivity index (χ0) is 23.2. The van der Waals surface area contributed by atoms with Gasteiger partial charge in [-0.15, -0.1) is 0 Å². The first-order chi connectivity index (χ1) is 15.9. The molecule has 0 saturated heterocycles. The molecule has 1 saturated carbocycles. The Balaban J connectivity index is 1.46. The van der Waals surface area contributed by atoms with E-state index in [4.69, 9.17) is 20.9 Å². The van der Waals surface area contributed by atoms with Gasteiger partial charge < -0.3 is 25.9 Å². The second-order valence-electron chi connectivity index (χ2n) is 7.94. The molecule has 0 bridgehead atoms. The second-order valence-corrected chi connectivity index (χ2v) is 7.94. The fourth-order valence-electron chi connectivity index (χ4n) is 4.23. The molecule has 1 aliphatic rings. The highest BCUT2D eigenvalue weighted by molar-refractivity contribution is 6.08. The van der Waals surface area contributed by atoms with Crippen molar-refractivity contribution in [3.8, 4) is 28.6 Å². The Hall–Kier alpha value is -4.40. The van der Waals surface area contributed by atoms with Crippen LogP contribution in [0.3, 0.4) is 0 Å². The average molecular weight is 443 g/mol. The highest BCUT2D eigenvalue weighted by atomic mass is 16.5. The summed E-state index contributed by atoms with van der Waals surface area (Å²) in [5.41, 5.74) is 11.9. The number of aromatic amines is 1. The summed E-state index contributed by atoms with van der Waals surface area (Å²) in [5, 5.41) is 0.789. The number of amides is 2. The normalized spacial score (nSPS) is 16.3. The van der Waals surface area contributed by atoms with Crippen LogP contribution in [0.2, 0.25) is 0 Å². The van der Waals surface area contributed by atoms with E-state index in [0.717, 1.165) is 16.5 Å². The molecule has 166 valence electrons. The van der Waals surface area contributed by atoms with Crippen molar-refractivity contribution in [3.05, 3.63) is 66.6 Å². The third-order valence-corrected chi connectivity index (χ3v) is 6.13. The molecule has 4 aromatic rings. The number of H-pyrrole nitrogens is 1. The van der Waals surface area contributed by atoms with Gasteiger partial charge in [0.05, 0.1) is 18.2 Å². The van der Waals surface area contributed by atoms with Crippen molar-refractivity contribution < 1.29 is 19.1 Å². The minimum absolute atomic E-state index is 0.313. The third-order valence-electron chi connectivity index (χ3n) is 6.13. The Labute approximate surface area is 188 Å². The van der Waals surface area contributed by atoms with E-state index < -0.39 is 17.2 Å². The molecule has 2 amide bonds. The molecule has 1 aliphatic carbocycles. The van der Waals surface area contributed by atoms with E-state index in [1.54, 1.807) is 43.9 Å². The summed E-state index contributed by atoms with van der Waals surface area (Å²) in [4.78, 5) is 35.4. The summed E-state index contributed by atoms with van der Waals surface area (Å²) in [5.74, 6) is 0.821. The van der Waals surface area contributed by atoms with Gasteiger partial charge in [0.1, 0.15) is 28.5 Å². The zero-order valence-electron chi connectivity index (χ0n) is 17.7. The molecule has 1 atom stereocenters. The molecule has 33 heavy (non-hydrogen) atoms. The van der Waals surface area contributed by atoms with Gasteiger partial charge in [-0.2, -0.15) is 0 Å². The standard InChI is InChI=1S/C24H21N5O4/c1-32-20-11-18-15(10-16(20)21-28-8-9-29-21)19(6-7-27-18)33-14-4-2-13(3-5-14)17-12-24(17,22(25)30)23(26)31/h2-11,17H,12H2,1H3,(H2,25,30)(H2,26,31)(H,28,29). The molecule has 1 fully saturated rings. The number of nitrogens with two attached hydrogens (primary N) is 2. The number of nitrogens with zero attached hydrogens (tertiary/aromatic N) is 2. The highest BCUT2D eigenvalue weighted by Crippen LogP contribution is 2.59. The van der Waals surface area contributed by atoms with Crippen LogP contribution < -0.4 is 20.9 Å². The van der Waals surface area contributed by atoms with Gasteiger partial charge in [0.25, 0.3) is 0 Å². The van der Waals surface area contributed by atoms with Gasteiger partial charge in [0.15, 0.2) is 0 Å². The minimum Gasteiger partial charge on any atom is -0.496 e. The Morgan fingerprint density at radius 1 is 1.03 bits per heavy atom. The number of imidazole rings is 1. The number of carbonyl (C=O) groups is 2. The van der Waals surface area contributed by atoms with Gasteiger partial charge in [-0.3, -0.25) is 14.6 Å². The van der Waals surface area contributed by atoms with Gasteiger partial charge >= 0.3 is 0 Å². The monoisotopic (exact) mass is 443 g/mol. The lowest BCUT2D eigenvalue weighted by molar-refractivity contribution is -0.133. The predicted molar refractivity (Wildman–Crippen MR) is 121 cm³/mol. The van der Waals surface area contributed by atoms with Crippen molar-refractivity contribution >= 4 is 22.7 Å². The van der Waals surface area contributed by atoms with Gasteiger partial charge in [0, 0.05) is 36.0 Å². The van der Waals surface area contributed by atoms with Gasteiger partial charge in [-0.25, -0.2) is 4.98 Å². The topological polar surface area (TPSA) is 146 Å². The zero-order valence-corrected chi connectivity index (χ0v) is 17.7. The number of methoxy groups -OCH3 is 1. The van der Waals surface area contributed by atoms with Crippen molar-refractivity contribution in [2.24, 2.45) is 16.9 Å². The van der Waals surface area contributed by atoms with E-state index in [1.165, 1.54) is 0 Å². The van der Waals surface area contributed by atoms with E-state index in [9.17, 15) is 9.59 Å². The Bertz CT molecular complexity index is 1350. The Morgan fingerprint density at radius 3 is 2.39 bits per heavy atom. The number of fused-ring (bicyclic) bond motifs is 1. The first-order valence-corrected chi connectivity index (χ1v) is 10.3. The maximum Gasteiger partial charge on any atom is 0.233 e. The quantitative estimate of drug-likeness (QED) is 0.374. The van der Waals surface area contributed by atoms with E-state index in [1.807, 2.05) is 24.3 Å². The SMILES string of the molecule is COc1cc2nccc(Oc3ccc(C4CC4(C(N)=O)C(N)=O)cc3)c2cc1-c1ncc[nH]1. The Morgan fingerprint density at radius 2 is 1.79 bits per heavy atom. The van der Waals surface area contributed by atoms with E-state index in [-0.39, 0.29) is 5.92 Å².